The molecule has 68 heavy (non-hydrogen) atoms. The van der Waals surface area contributed by atoms with Crippen molar-refractivity contribution in [2.24, 2.45) is 0 Å². The molecule has 0 aromatic heterocycles. The lowest BCUT2D eigenvalue weighted by atomic mass is 9.81. The minimum atomic E-state index is -0.978. The molecular formula is C57H70Cl3N4O4+. The molecule has 0 spiro atoms. The molecule has 1 unspecified atom stereocenters. The van der Waals surface area contributed by atoms with Gasteiger partial charge >= 0.3 is 0 Å². The standard InChI is InChI=1S/C57H69Cl3N4O4/c1-6-35-62(37-19-40-68-50-31-30-44(58)41-47(50)59)36-18-34-61-53(65)26-9-7-15-38-63-48-24-13-11-22-45(48)56(2,3)51(63)32-28-42-20-17-21-43(55(42)60)29-33-52-57(4,5)46-23-12-14-25-49(46)64(52)39-16-8-10-27-54(66)67/h1,11-14,22-25,28-33,41H,7-10,15-21,26-27,34-40H2,2-5H3,(H-,61,65,66,67)/p+1. The Morgan fingerprint density at radius 3 is 2.37 bits per heavy atom. The second kappa shape index (κ2) is 25.3. The quantitative estimate of drug-likeness (QED) is 0.0502. The van der Waals surface area contributed by atoms with Crippen molar-refractivity contribution >= 4 is 63.8 Å². The smallest absolute Gasteiger partial charge is 0.219 e. The first kappa shape index (κ1) is 52.7. The number of unbranched alkanes of at least 4 members (excludes halogenated alkanes) is 4. The van der Waals surface area contributed by atoms with Gasteiger partial charge in [0, 0.05) is 71.8 Å². The Hall–Kier alpha value is -4.62. The SMILES string of the molecule is C#CCN(CCCNC(=O)CCCCC[N+]1=C(/C=C/C2=C(Cl)C(=C/C=C3\[NH+](CCCCCC(=O)[O-])c4ccccc4C3(C)C)/CCC2)C(C)(C)c2ccccc21)CCCOc1ccc(Cl)cc1Cl. The van der Waals surface area contributed by atoms with E-state index in [0.717, 1.165) is 107 Å². The lowest BCUT2D eigenvalue weighted by Crippen LogP contribution is -3.04. The summed E-state index contributed by atoms with van der Waals surface area (Å²) in [4.78, 5) is 27.4. The highest BCUT2D eigenvalue weighted by atomic mass is 35.5. The van der Waals surface area contributed by atoms with Gasteiger partial charge < -0.3 is 20.0 Å². The molecule has 2 N–H and O–H groups in total. The zero-order chi connectivity index (χ0) is 48.7. The van der Waals surface area contributed by atoms with Gasteiger partial charge in [-0.3, -0.25) is 14.6 Å². The Bertz CT molecular complexity index is 2460. The van der Waals surface area contributed by atoms with Crippen molar-refractivity contribution in [3.8, 4) is 18.1 Å². The van der Waals surface area contributed by atoms with Crippen molar-refractivity contribution < 1.29 is 28.9 Å². The van der Waals surface area contributed by atoms with Gasteiger partial charge in [0.1, 0.15) is 23.7 Å². The maximum atomic E-state index is 12.8. The van der Waals surface area contributed by atoms with Crippen molar-refractivity contribution in [3.63, 3.8) is 0 Å². The molecule has 0 radical (unpaired) electrons. The van der Waals surface area contributed by atoms with Gasteiger partial charge in [-0.2, -0.15) is 4.58 Å². The summed E-state index contributed by atoms with van der Waals surface area (Å²) in [7, 11) is 0. The number of fused-ring (bicyclic) bond motifs is 2. The van der Waals surface area contributed by atoms with Crippen LogP contribution in [0, 0.1) is 12.3 Å². The lowest BCUT2D eigenvalue weighted by Gasteiger charge is -2.22. The van der Waals surface area contributed by atoms with Crippen LogP contribution in [0.15, 0.2) is 113 Å². The van der Waals surface area contributed by atoms with Crippen LogP contribution in [-0.4, -0.2) is 72.9 Å². The van der Waals surface area contributed by atoms with Crippen LogP contribution < -0.4 is 20.1 Å². The number of ether oxygens (including phenoxy) is 1. The van der Waals surface area contributed by atoms with E-state index in [4.69, 9.17) is 46.0 Å². The van der Waals surface area contributed by atoms with E-state index in [0.29, 0.717) is 48.3 Å². The molecule has 0 bridgehead atoms. The number of rotatable bonds is 25. The highest BCUT2D eigenvalue weighted by Crippen LogP contribution is 2.42. The Kier molecular flexibility index (Phi) is 19.6. The van der Waals surface area contributed by atoms with Crippen LogP contribution in [0.2, 0.25) is 10.0 Å². The molecule has 8 nitrogen and oxygen atoms in total. The summed E-state index contributed by atoms with van der Waals surface area (Å²) in [6, 6.07) is 22.6. The first-order valence-electron chi connectivity index (χ1n) is 24.6. The molecule has 1 amide bonds. The highest BCUT2D eigenvalue weighted by Gasteiger charge is 2.45. The van der Waals surface area contributed by atoms with Gasteiger partial charge in [-0.25, -0.2) is 0 Å². The van der Waals surface area contributed by atoms with E-state index < -0.39 is 5.97 Å². The number of nitrogens with one attached hydrogen (secondary N) is 2. The van der Waals surface area contributed by atoms with Crippen LogP contribution in [0.25, 0.3) is 0 Å². The molecule has 362 valence electrons. The summed E-state index contributed by atoms with van der Waals surface area (Å²) < 4.78 is 8.30. The first-order valence-corrected chi connectivity index (χ1v) is 25.7. The maximum absolute atomic E-state index is 12.8. The molecule has 1 atom stereocenters. The minimum Gasteiger partial charge on any atom is -0.550 e. The highest BCUT2D eigenvalue weighted by molar-refractivity contribution is 6.35. The molecule has 11 heteroatoms. The van der Waals surface area contributed by atoms with E-state index in [9.17, 15) is 14.7 Å². The molecule has 6 rings (SSSR count). The molecule has 0 saturated carbocycles. The summed E-state index contributed by atoms with van der Waals surface area (Å²) in [6.07, 6.45) is 25.0. The molecular weight excluding hydrogens is 911 g/mol. The average Bonchev–Trinajstić information content (AvgIpc) is 3.66. The van der Waals surface area contributed by atoms with Crippen LogP contribution in [0.3, 0.4) is 0 Å². The number of carbonyl (C=O) groups excluding carboxylic acids is 2. The Labute approximate surface area is 420 Å². The van der Waals surface area contributed by atoms with Crippen LogP contribution in [0.1, 0.15) is 122 Å². The molecule has 1 aliphatic carbocycles. The number of nitrogens with zero attached hydrogens (tertiary/aromatic N) is 2. The fourth-order valence-electron chi connectivity index (χ4n) is 10.1. The molecule has 0 fully saturated rings. The van der Waals surface area contributed by atoms with Gasteiger partial charge in [0.05, 0.1) is 35.5 Å². The number of hydrogen-bond acceptors (Lipinski definition) is 5. The summed E-state index contributed by atoms with van der Waals surface area (Å²) in [6.45, 7) is 14.2. The predicted molar refractivity (Wildman–Crippen MR) is 278 cm³/mol. The van der Waals surface area contributed by atoms with Gasteiger partial charge in [0.15, 0.2) is 5.71 Å². The second-order valence-electron chi connectivity index (χ2n) is 19.3. The van der Waals surface area contributed by atoms with Crippen molar-refractivity contribution in [1.82, 2.24) is 10.2 Å². The van der Waals surface area contributed by atoms with E-state index >= 15 is 0 Å². The van der Waals surface area contributed by atoms with E-state index in [-0.39, 0.29) is 23.2 Å². The van der Waals surface area contributed by atoms with Gasteiger partial charge in [0.2, 0.25) is 11.6 Å². The zero-order valence-corrected chi connectivity index (χ0v) is 42.8. The van der Waals surface area contributed by atoms with E-state index in [1.807, 2.05) is 0 Å². The summed E-state index contributed by atoms with van der Waals surface area (Å²) >= 11 is 19.5. The Morgan fingerprint density at radius 1 is 0.853 bits per heavy atom. The fraction of sp³-hybridized carbons (Fsp3) is 0.456. The number of terminal acetylenes is 1. The van der Waals surface area contributed by atoms with Crippen LogP contribution in [-0.2, 0) is 20.4 Å². The number of carboxylic acid groups (broad SMARTS) is 1. The third-order valence-corrected chi connectivity index (χ3v) is 14.7. The number of allylic oxidation sites excluding steroid dienone is 8. The number of aliphatic carboxylic acids is 1. The number of carbonyl (C=O) groups is 2. The molecule has 2 aliphatic heterocycles. The third kappa shape index (κ3) is 13.8. The molecule has 3 aromatic carbocycles. The van der Waals surface area contributed by atoms with Crippen LogP contribution >= 0.6 is 34.8 Å². The van der Waals surface area contributed by atoms with Crippen molar-refractivity contribution in [2.45, 2.75) is 122 Å². The fourth-order valence-corrected chi connectivity index (χ4v) is 10.8. The topological polar surface area (TPSA) is 89.2 Å². The summed E-state index contributed by atoms with van der Waals surface area (Å²) in [5.41, 5.74) is 9.74. The monoisotopic (exact) mass is 979 g/mol. The zero-order valence-electron chi connectivity index (χ0n) is 40.5. The number of carboxylic acids is 1. The normalized spacial score (nSPS) is 18.4. The van der Waals surface area contributed by atoms with E-state index in [1.165, 1.54) is 38.8 Å². The molecule has 3 aromatic rings. The van der Waals surface area contributed by atoms with Gasteiger partial charge in [-0.1, -0.05) is 89.3 Å². The van der Waals surface area contributed by atoms with E-state index in [2.05, 4.69) is 121 Å². The summed E-state index contributed by atoms with van der Waals surface area (Å²) in [5.74, 6) is 2.47. The van der Waals surface area contributed by atoms with E-state index in [1.54, 1.807) is 18.2 Å². The molecule has 2 heterocycles. The van der Waals surface area contributed by atoms with Gasteiger partial charge in [0.25, 0.3) is 0 Å². The number of para-hydroxylation sites is 2. The summed E-state index contributed by atoms with van der Waals surface area (Å²) in [5, 5.41) is 16.0. The van der Waals surface area contributed by atoms with Crippen molar-refractivity contribution in [2.75, 3.05) is 45.9 Å². The molecule has 3 aliphatic rings. The Balaban J connectivity index is 1.03. The predicted octanol–water partition coefficient (Wildman–Crippen LogP) is 10.7. The van der Waals surface area contributed by atoms with Crippen LogP contribution in [0.4, 0.5) is 11.4 Å². The van der Waals surface area contributed by atoms with Crippen LogP contribution in [0.5, 0.6) is 5.75 Å². The second-order valence-corrected chi connectivity index (χ2v) is 20.6. The Morgan fingerprint density at radius 2 is 1.59 bits per heavy atom. The lowest BCUT2D eigenvalue weighted by molar-refractivity contribution is -0.789. The number of hydrogen-bond donors (Lipinski definition) is 2. The average molecular weight is 982 g/mol. The maximum Gasteiger partial charge on any atom is 0.219 e. The van der Waals surface area contributed by atoms with Gasteiger partial charge in [-0.05, 0) is 140 Å². The number of halogens is 3. The molecule has 0 saturated heterocycles. The third-order valence-electron chi connectivity index (χ3n) is 13.7. The number of benzene rings is 3. The van der Waals surface area contributed by atoms with Gasteiger partial charge in [-0.15, -0.1) is 6.42 Å². The van der Waals surface area contributed by atoms with Crippen molar-refractivity contribution in [1.29, 1.82) is 0 Å². The number of amides is 1. The largest absolute Gasteiger partial charge is 0.550 e. The van der Waals surface area contributed by atoms with Crippen molar-refractivity contribution in [3.05, 3.63) is 134 Å². The number of quaternary nitrogens is 1. The first-order chi connectivity index (χ1) is 32.7. The minimum absolute atomic E-state index is 0.0885.